The molecule has 1 amide bonds. The molecule has 0 aliphatic rings. The van der Waals surface area contributed by atoms with Crippen molar-refractivity contribution in [2.75, 3.05) is 11.9 Å². The molecule has 0 atom stereocenters. The highest BCUT2D eigenvalue weighted by molar-refractivity contribution is 5.96. The van der Waals surface area contributed by atoms with Gasteiger partial charge in [-0.3, -0.25) is 9.36 Å². The molecule has 31 heavy (non-hydrogen) atoms. The number of ether oxygens (including phenoxy) is 2. The van der Waals surface area contributed by atoms with E-state index in [1.807, 2.05) is 0 Å². The standard InChI is InChI=1S/C22H20FN3O5/c1-14(2)31-21(28)15-3-7-17(8-4-15)25-20(27)12-30-22(29)19-11-24-13-26(19)18-9-5-16(23)6-10-18/h3-11,13-14H,12H2,1-2H3,(H,25,27). The van der Waals surface area contributed by atoms with Gasteiger partial charge in [0.15, 0.2) is 12.3 Å². The van der Waals surface area contributed by atoms with Crippen LogP contribution >= 0.6 is 0 Å². The number of nitrogens with one attached hydrogen (secondary N) is 1. The van der Waals surface area contributed by atoms with E-state index in [1.54, 1.807) is 26.0 Å². The Labute approximate surface area is 177 Å². The first-order chi connectivity index (χ1) is 14.8. The Kier molecular flexibility index (Phi) is 6.76. The van der Waals surface area contributed by atoms with Crippen molar-refractivity contribution in [1.29, 1.82) is 0 Å². The molecule has 2 aromatic carbocycles. The van der Waals surface area contributed by atoms with Gasteiger partial charge in [-0.15, -0.1) is 0 Å². The molecule has 0 saturated carbocycles. The Morgan fingerprint density at radius 1 is 1.03 bits per heavy atom. The van der Waals surface area contributed by atoms with Crippen LogP contribution in [-0.4, -0.2) is 40.1 Å². The van der Waals surface area contributed by atoms with Gasteiger partial charge in [0.25, 0.3) is 5.91 Å². The van der Waals surface area contributed by atoms with E-state index in [0.717, 1.165) is 0 Å². The Morgan fingerprint density at radius 3 is 2.35 bits per heavy atom. The number of carbonyl (C=O) groups is 3. The van der Waals surface area contributed by atoms with Gasteiger partial charge < -0.3 is 14.8 Å². The Hall–Kier alpha value is -4.01. The minimum Gasteiger partial charge on any atom is -0.459 e. The summed E-state index contributed by atoms with van der Waals surface area (Å²) in [5.74, 6) is -2.18. The fourth-order valence-corrected chi connectivity index (χ4v) is 2.63. The first-order valence-electron chi connectivity index (χ1n) is 9.40. The molecule has 0 aliphatic heterocycles. The largest absolute Gasteiger partial charge is 0.459 e. The van der Waals surface area contributed by atoms with Crippen molar-refractivity contribution in [1.82, 2.24) is 9.55 Å². The number of hydrogen-bond acceptors (Lipinski definition) is 6. The van der Waals surface area contributed by atoms with Crippen LogP contribution < -0.4 is 5.32 Å². The number of imidazole rings is 1. The topological polar surface area (TPSA) is 99.5 Å². The molecule has 0 fully saturated rings. The van der Waals surface area contributed by atoms with E-state index >= 15 is 0 Å². The second kappa shape index (κ2) is 9.66. The van der Waals surface area contributed by atoms with Crippen LogP contribution in [0.1, 0.15) is 34.7 Å². The molecule has 1 aromatic heterocycles. The Morgan fingerprint density at radius 2 is 1.71 bits per heavy atom. The highest BCUT2D eigenvalue weighted by Crippen LogP contribution is 2.14. The number of nitrogens with zero attached hydrogens (tertiary/aromatic N) is 2. The monoisotopic (exact) mass is 425 g/mol. The number of amides is 1. The van der Waals surface area contributed by atoms with Crippen molar-refractivity contribution in [2.24, 2.45) is 0 Å². The molecule has 0 aliphatic carbocycles. The molecule has 9 heteroatoms. The fraction of sp³-hybridized carbons (Fsp3) is 0.182. The van der Waals surface area contributed by atoms with Crippen molar-refractivity contribution in [3.05, 3.63) is 78.1 Å². The van der Waals surface area contributed by atoms with E-state index in [4.69, 9.17) is 9.47 Å². The van der Waals surface area contributed by atoms with Crippen molar-refractivity contribution < 1.29 is 28.2 Å². The number of anilines is 1. The van der Waals surface area contributed by atoms with Crippen LogP contribution in [0, 0.1) is 5.82 Å². The maximum absolute atomic E-state index is 13.1. The van der Waals surface area contributed by atoms with E-state index < -0.39 is 30.3 Å². The number of rotatable bonds is 7. The van der Waals surface area contributed by atoms with Crippen molar-refractivity contribution in [2.45, 2.75) is 20.0 Å². The van der Waals surface area contributed by atoms with Gasteiger partial charge in [-0.1, -0.05) is 0 Å². The van der Waals surface area contributed by atoms with Crippen LogP contribution in [0.3, 0.4) is 0 Å². The minimum atomic E-state index is -0.760. The van der Waals surface area contributed by atoms with Gasteiger partial charge in [0.1, 0.15) is 5.82 Å². The molecule has 1 heterocycles. The zero-order valence-corrected chi connectivity index (χ0v) is 16.9. The number of benzene rings is 2. The molecule has 1 N–H and O–H groups in total. The molecule has 0 unspecified atom stereocenters. The Bertz CT molecular complexity index is 1080. The molecule has 0 radical (unpaired) electrons. The van der Waals surface area contributed by atoms with E-state index in [0.29, 0.717) is 16.9 Å². The first-order valence-corrected chi connectivity index (χ1v) is 9.40. The van der Waals surface area contributed by atoms with Crippen molar-refractivity contribution in [3.8, 4) is 5.69 Å². The van der Waals surface area contributed by atoms with Crippen LogP contribution in [0.25, 0.3) is 5.69 Å². The average Bonchev–Trinajstić information content (AvgIpc) is 3.22. The fourth-order valence-electron chi connectivity index (χ4n) is 2.63. The van der Waals surface area contributed by atoms with E-state index in [2.05, 4.69) is 10.3 Å². The summed E-state index contributed by atoms with van der Waals surface area (Å²) in [6.45, 7) is 2.98. The third kappa shape index (κ3) is 5.75. The molecule has 0 spiro atoms. The second-order valence-corrected chi connectivity index (χ2v) is 6.78. The van der Waals surface area contributed by atoms with E-state index in [-0.39, 0.29) is 11.8 Å². The lowest BCUT2D eigenvalue weighted by atomic mass is 10.2. The summed E-state index contributed by atoms with van der Waals surface area (Å²) in [5.41, 5.74) is 1.39. The number of carbonyl (C=O) groups excluding carboxylic acids is 3. The summed E-state index contributed by atoms with van der Waals surface area (Å²) in [6, 6.07) is 11.6. The highest BCUT2D eigenvalue weighted by Gasteiger charge is 2.16. The van der Waals surface area contributed by atoms with Crippen molar-refractivity contribution in [3.63, 3.8) is 0 Å². The molecule has 0 bridgehead atoms. The predicted molar refractivity (Wildman–Crippen MR) is 109 cm³/mol. The summed E-state index contributed by atoms with van der Waals surface area (Å²) in [6.07, 6.45) is 2.44. The van der Waals surface area contributed by atoms with Crippen LogP contribution in [0.2, 0.25) is 0 Å². The number of esters is 2. The zero-order valence-electron chi connectivity index (χ0n) is 16.9. The van der Waals surface area contributed by atoms with Gasteiger partial charge in [-0.25, -0.2) is 19.0 Å². The maximum atomic E-state index is 13.1. The lowest BCUT2D eigenvalue weighted by Gasteiger charge is -2.10. The number of halogens is 1. The molecular weight excluding hydrogens is 405 g/mol. The van der Waals surface area contributed by atoms with Crippen LogP contribution in [-0.2, 0) is 14.3 Å². The smallest absolute Gasteiger partial charge is 0.357 e. The summed E-state index contributed by atoms with van der Waals surface area (Å²) in [5, 5.41) is 2.57. The van der Waals surface area contributed by atoms with Crippen LogP contribution in [0.15, 0.2) is 61.1 Å². The van der Waals surface area contributed by atoms with Crippen molar-refractivity contribution >= 4 is 23.5 Å². The minimum absolute atomic E-state index is 0.0902. The molecule has 160 valence electrons. The maximum Gasteiger partial charge on any atom is 0.357 e. The van der Waals surface area contributed by atoms with Crippen LogP contribution in [0.4, 0.5) is 10.1 Å². The van der Waals surface area contributed by atoms with E-state index in [9.17, 15) is 18.8 Å². The zero-order chi connectivity index (χ0) is 22.4. The molecule has 3 rings (SSSR count). The summed E-state index contributed by atoms with van der Waals surface area (Å²) >= 11 is 0. The summed E-state index contributed by atoms with van der Waals surface area (Å²) < 4.78 is 24.7. The van der Waals surface area contributed by atoms with Gasteiger partial charge in [-0.2, -0.15) is 0 Å². The predicted octanol–water partition coefficient (Wildman–Crippen LogP) is 3.37. The lowest BCUT2D eigenvalue weighted by molar-refractivity contribution is -0.119. The number of aromatic nitrogens is 2. The Balaban J connectivity index is 1.56. The first kappa shape index (κ1) is 21.7. The number of hydrogen-bond donors (Lipinski definition) is 1. The summed E-state index contributed by atoms with van der Waals surface area (Å²) in [7, 11) is 0. The second-order valence-electron chi connectivity index (χ2n) is 6.78. The van der Waals surface area contributed by atoms with E-state index in [1.165, 1.54) is 53.5 Å². The lowest BCUT2D eigenvalue weighted by Crippen LogP contribution is -2.22. The van der Waals surface area contributed by atoms with Gasteiger partial charge in [0, 0.05) is 11.4 Å². The van der Waals surface area contributed by atoms with Gasteiger partial charge >= 0.3 is 11.9 Å². The highest BCUT2D eigenvalue weighted by atomic mass is 19.1. The molecule has 8 nitrogen and oxygen atoms in total. The normalized spacial score (nSPS) is 10.6. The SMILES string of the molecule is CC(C)OC(=O)c1ccc(NC(=O)COC(=O)c2cncn2-c2ccc(F)cc2)cc1. The third-order valence-corrected chi connectivity index (χ3v) is 4.03. The summed E-state index contributed by atoms with van der Waals surface area (Å²) in [4.78, 5) is 40.2. The van der Waals surface area contributed by atoms with Gasteiger partial charge in [0.2, 0.25) is 0 Å². The van der Waals surface area contributed by atoms with Gasteiger partial charge in [-0.05, 0) is 62.4 Å². The molecular formula is C22H20FN3O5. The van der Waals surface area contributed by atoms with Crippen LogP contribution in [0.5, 0.6) is 0 Å². The quantitative estimate of drug-likeness (QED) is 0.583. The third-order valence-electron chi connectivity index (χ3n) is 4.03. The van der Waals surface area contributed by atoms with Gasteiger partial charge in [0.05, 0.1) is 24.2 Å². The molecule has 0 saturated heterocycles. The average molecular weight is 425 g/mol. The molecule has 3 aromatic rings.